The van der Waals surface area contributed by atoms with Crippen molar-refractivity contribution < 1.29 is 27.5 Å². The van der Waals surface area contributed by atoms with Crippen molar-refractivity contribution in [3.05, 3.63) is 100 Å². The van der Waals surface area contributed by atoms with Gasteiger partial charge >= 0.3 is 12.1 Å². The highest BCUT2D eigenvalue weighted by Crippen LogP contribution is 2.42. The van der Waals surface area contributed by atoms with Crippen LogP contribution in [0.15, 0.2) is 66.9 Å². The summed E-state index contributed by atoms with van der Waals surface area (Å²) in [5.74, 6) is -0.0177. The van der Waals surface area contributed by atoms with Gasteiger partial charge in [0, 0.05) is 24.7 Å². The number of fused-ring (bicyclic) bond motifs is 1. The van der Waals surface area contributed by atoms with Crippen molar-refractivity contribution in [2.75, 3.05) is 25.0 Å². The Labute approximate surface area is 278 Å². The standard InChI is InChI=1S/C38H39F3N4O3/c1-3-48-37(47)31-22-42-45(35(31)38(39,40)41)29-8-4-7-28(21-29)30-9-5-6-25-12-15-33(34(25)30)43-32-14-13-27(20-23(32)2)24-16-18-44(19-17-24)36(46)26-10-11-26/h4-9,13-14,20-22,24,26,33,43H,3,10-12,15-19H2,1-2H3. The Morgan fingerprint density at radius 3 is 2.46 bits per heavy atom. The van der Waals surface area contributed by atoms with Gasteiger partial charge in [-0.2, -0.15) is 18.3 Å². The van der Waals surface area contributed by atoms with Crippen molar-refractivity contribution in [3.8, 4) is 16.8 Å². The third kappa shape index (κ3) is 6.20. The van der Waals surface area contributed by atoms with Crippen LogP contribution in [0.5, 0.6) is 0 Å². The number of carbonyl (C=O) groups is 2. The van der Waals surface area contributed by atoms with E-state index in [0.717, 1.165) is 90.4 Å². The number of rotatable bonds is 8. The van der Waals surface area contributed by atoms with Crippen molar-refractivity contribution in [3.63, 3.8) is 0 Å². The number of hydrogen-bond donors (Lipinski definition) is 1. The lowest BCUT2D eigenvalue weighted by Gasteiger charge is -2.32. The zero-order valence-corrected chi connectivity index (χ0v) is 27.1. The summed E-state index contributed by atoms with van der Waals surface area (Å²) in [5, 5.41) is 7.75. The average molecular weight is 657 g/mol. The quantitative estimate of drug-likeness (QED) is 0.193. The summed E-state index contributed by atoms with van der Waals surface area (Å²) in [6.07, 6.45) is 1.92. The van der Waals surface area contributed by atoms with Gasteiger partial charge in [-0.15, -0.1) is 0 Å². The molecule has 4 aromatic rings. The first-order chi connectivity index (χ1) is 23.1. The summed E-state index contributed by atoms with van der Waals surface area (Å²) in [6, 6.07) is 19.6. The molecular formula is C38H39F3N4O3. The van der Waals surface area contributed by atoms with Gasteiger partial charge in [0.15, 0.2) is 5.69 Å². The molecule has 48 heavy (non-hydrogen) atoms. The summed E-state index contributed by atoms with van der Waals surface area (Å²) >= 11 is 0. The molecule has 1 amide bonds. The molecular weight excluding hydrogens is 617 g/mol. The summed E-state index contributed by atoms with van der Waals surface area (Å²) in [6.45, 7) is 5.27. The molecule has 1 atom stereocenters. The summed E-state index contributed by atoms with van der Waals surface area (Å²) in [4.78, 5) is 26.9. The van der Waals surface area contributed by atoms with Gasteiger partial charge in [-0.3, -0.25) is 4.79 Å². The second kappa shape index (κ2) is 12.8. The number of carbonyl (C=O) groups excluding carboxylic acids is 2. The molecule has 250 valence electrons. The number of hydrogen-bond acceptors (Lipinski definition) is 5. The first-order valence-electron chi connectivity index (χ1n) is 16.8. The van der Waals surface area contributed by atoms with E-state index in [1.54, 1.807) is 25.1 Å². The molecule has 0 radical (unpaired) electrons. The maximum absolute atomic E-state index is 14.2. The number of nitrogens with zero attached hydrogens (tertiary/aromatic N) is 3. The van der Waals surface area contributed by atoms with E-state index in [2.05, 4.69) is 41.6 Å². The van der Waals surface area contributed by atoms with E-state index in [-0.39, 0.29) is 24.3 Å². The lowest BCUT2D eigenvalue weighted by atomic mass is 9.88. The number of piperidine rings is 1. The van der Waals surface area contributed by atoms with Gasteiger partial charge in [-0.05, 0) is 110 Å². The minimum absolute atomic E-state index is 0.0203. The number of anilines is 1. The van der Waals surface area contributed by atoms with Gasteiger partial charge in [0.25, 0.3) is 0 Å². The Balaban J connectivity index is 1.13. The monoisotopic (exact) mass is 656 g/mol. The fourth-order valence-electron chi connectivity index (χ4n) is 7.38. The predicted molar refractivity (Wildman–Crippen MR) is 177 cm³/mol. The highest BCUT2D eigenvalue weighted by Gasteiger charge is 2.41. The number of esters is 1. The zero-order chi connectivity index (χ0) is 33.6. The predicted octanol–water partition coefficient (Wildman–Crippen LogP) is 8.26. The minimum Gasteiger partial charge on any atom is -0.462 e. The summed E-state index contributed by atoms with van der Waals surface area (Å²) < 4.78 is 48.3. The van der Waals surface area contributed by atoms with E-state index in [4.69, 9.17) is 4.74 Å². The molecule has 1 aliphatic heterocycles. The second-order valence-corrected chi connectivity index (χ2v) is 13.1. The van der Waals surface area contributed by atoms with E-state index in [1.165, 1.54) is 11.1 Å². The van der Waals surface area contributed by atoms with Crippen molar-refractivity contribution in [1.29, 1.82) is 0 Å². The van der Waals surface area contributed by atoms with Crippen LogP contribution in [-0.2, 0) is 22.1 Å². The first-order valence-corrected chi connectivity index (χ1v) is 16.8. The van der Waals surface area contributed by atoms with Gasteiger partial charge in [0.05, 0.1) is 24.5 Å². The van der Waals surface area contributed by atoms with Crippen LogP contribution in [0.1, 0.15) is 89.3 Å². The van der Waals surface area contributed by atoms with Crippen LogP contribution in [-0.4, -0.2) is 46.3 Å². The maximum Gasteiger partial charge on any atom is 0.434 e. The SMILES string of the molecule is CCOC(=O)c1cnn(-c2cccc(-c3cccc4c3C(Nc3ccc(C5CCN(C(=O)C6CC6)CC5)cc3C)CC4)c2)c1C(F)(F)F. The number of aryl methyl sites for hydroxylation is 2. The van der Waals surface area contributed by atoms with Crippen LogP contribution < -0.4 is 5.32 Å². The number of alkyl halides is 3. The lowest BCUT2D eigenvalue weighted by molar-refractivity contribution is -0.143. The minimum atomic E-state index is -4.82. The summed E-state index contributed by atoms with van der Waals surface area (Å²) in [7, 11) is 0. The Kier molecular flexibility index (Phi) is 8.51. The number of halogens is 3. The molecule has 10 heteroatoms. The Morgan fingerprint density at radius 1 is 0.979 bits per heavy atom. The molecule has 1 saturated heterocycles. The van der Waals surface area contributed by atoms with Gasteiger partial charge in [-0.25, -0.2) is 9.48 Å². The number of aromatic nitrogens is 2. The van der Waals surface area contributed by atoms with Gasteiger partial charge in [0.1, 0.15) is 5.56 Å². The van der Waals surface area contributed by atoms with E-state index in [0.29, 0.717) is 11.8 Å². The molecule has 7 nitrogen and oxygen atoms in total. The van der Waals surface area contributed by atoms with Crippen LogP contribution in [0, 0.1) is 12.8 Å². The van der Waals surface area contributed by atoms with Crippen LogP contribution in [0.25, 0.3) is 16.8 Å². The topological polar surface area (TPSA) is 76.5 Å². The molecule has 1 N–H and O–H groups in total. The van der Waals surface area contributed by atoms with Crippen LogP contribution >= 0.6 is 0 Å². The fourth-order valence-corrected chi connectivity index (χ4v) is 7.38. The third-order valence-electron chi connectivity index (χ3n) is 9.97. The molecule has 3 aliphatic rings. The number of ether oxygens (including phenoxy) is 1. The molecule has 7 rings (SSSR count). The largest absolute Gasteiger partial charge is 0.462 e. The first kappa shape index (κ1) is 32.0. The van der Waals surface area contributed by atoms with E-state index in [1.807, 2.05) is 23.1 Å². The smallest absolute Gasteiger partial charge is 0.434 e. The highest BCUT2D eigenvalue weighted by atomic mass is 19.4. The van der Waals surface area contributed by atoms with E-state index < -0.39 is 23.4 Å². The molecule has 1 unspecified atom stereocenters. The van der Waals surface area contributed by atoms with Crippen molar-refractivity contribution in [2.24, 2.45) is 5.92 Å². The lowest BCUT2D eigenvalue weighted by Crippen LogP contribution is -2.38. The molecule has 0 bridgehead atoms. The van der Waals surface area contributed by atoms with Crippen molar-refractivity contribution in [1.82, 2.24) is 14.7 Å². The average Bonchev–Trinajstić information content (AvgIpc) is 3.69. The molecule has 2 heterocycles. The van der Waals surface area contributed by atoms with Crippen LogP contribution in [0.2, 0.25) is 0 Å². The molecule has 1 aromatic heterocycles. The molecule has 2 fully saturated rings. The second-order valence-electron chi connectivity index (χ2n) is 13.1. The fraction of sp³-hybridized carbons (Fsp3) is 0.395. The summed E-state index contributed by atoms with van der Waals surface area (Å²) in [5.41, 5.74) is 5.99. The number of nitrogens with one attached hydrogen (secondary N) is 1. The maximum atomic E-state index is 14.2. The number of benzene rings is 3. The van der Waals surface area contributed by atoms with E-state index in [9.17, 15) is 22.8 Å². The molecule has 1 saturated carbocycles. The van der Waals surface area contributed by atoms with Crippen LogP contribution in [0.3, 0.4) is 0 Å². The molecule has 2 aliphatic carbocycles. The Morgan fingerprint density at radius 2 is 1.75 bits per heavy atom. The number of likely N-dealkylation sites (tertiary alicyclic amines) is 1. The number of amides is 1. The van der Waals surface area contributed by atoms with Crippen molar-refractivity contribution >= 4 is 17.6 Å². The van der Waals surface area contributed by atoms with Crippen molar-refractivity contribution in [2.45, 2.75) is 70.5 Å². The van der Waals surface area contributed by atoms with E-state index >= 15 is 0 Å². The normalized spacial score (nSPS) is 18.1. The highest BCUT2D eigenvalue weighted by molar-refractivity contribution is 5.91. The Hall–Kier alpha value is -4.60. The molecule has 3 aromatic carbocycles. The molecule has 0 spiro atoms. The van der Waals surface area contributed by atoms with Gasteiger partial charge in [0.2, 0.25) is 5.91 Å². The Bertz CT molecular complexity index is 1850. The van der Waals surface area contributed by atoms with Crippen LogP contribution in [0.4, 0.5) is 18.9 Å². The van der Waals surface area contributed by atoms with Gasteiger partial charge in [-0.1, -0.05) is 42.5 Å². The van der Waals surface area contributed by atoms with Gasteiger partial charge < -0.3 is 15.0 Å². The third-order valence-corrected chi connectivity index (χ3v) is 9.97. The zero-order valence-electron chi connectivity index (χ0n) is 27.1.